The van der Waals surface area contributed by atoms with Crippen LogP contribution in [0.25, 0.3) is 0 Å². The maximum atomic E-state index is 12.9. The molecule has 9 heteroatoms. The molecule has 1 fully saturated rings. The monoisotopic (exact) mass is 364 g/mol. The summed E-state index contributed by atoms with van der Waals surface area (Å²) in [5.74, 6) is 0.471. The van der Waals surface area contributed by atoms with Crippen molar-refractivity contribution in [1.29, 1.82) is 0 Å². The first-order valence-corrected chi connectivity index (χ1v) is 9.00. The third-order valence-corrected chi connectivity index (χ3v) is 6.02. The number of aliphatic hydroxyl groups excluding tert-OH is 1. The molecule has 1 aliphatic rings. The van der Waals surface area contributed by atoms with Gasteiger partial charge in [-0.25, -0.2) is 8.42 Å². The van der Waals surface area contributed by atoms with E-state index in [0.29, 0.717) is 32.7 Å². The van der Waals surface area contributed by atoms with Gasteiger partial charge in [0, 0.05) is 44.9 Å². The highest BCUT2D eigenvalue weighted by Gasteiger charge is 2.31. The number of ether oxygens (including phenoxy) is 2. The van der Waals surface area contributed by atoms with E-state index in [9.17, 15) is 8.42 Å². The summed E-state index contributed by atoms with van der Waals surface area (Å²) in [5, 5.41) is 9.25. The quantitative estimate of drug-likeness (QED) is 0.798. The Morgan fingerprint density at radius 3 is 2.26 bits per heavy atom. The summed E-state index contributed by atoms with van der Waals surface area (Å²) < 4.78 is 37.5. The smallest absolute Gasteiger partial charge is 0.246 e. The first-order chi connectivity index (χ1) is 10.9. The van der Waals surface area contributed by atoms with Crippen LogP contribution in [0.15, 0.2) is 17.0 Å². The second-order valence-corrected chi connectivity index (χ2v) is 7.42. The summed E-state index contributed by atoms with van der Waals surface area (Å²) in [7, 11) is -0.885. The molecule has 0 radical (unpaired) electrons. The van der Waals surface area contributed by atoms with Crippen LogP contribution in [0.2, 0.25) is 5.02 Å². The summed E-state index contributed by atoms with van der Waals surface area (Å²) in [6.07, 6.45) is 0. The molecule has 0 aliphatic carbocycles. The molecule has 23 heavy (non-hydrogen) atoms. The number of nitrogens with zero attached hydrogens (tertiary/aromatic N) is 2. The van der Waals surface area contributed by atoms with Gasteiger partial charge < -0.3 is 14.6 Å². The number of halogens is 1. The predicted molar refractivity (Wildman–Crippen MR) is 86.8 cm³/mol. The van der Waals surface area contributed by atoms with Crippen LogP contribution in [0.5, 0.6) is 11.5 Å². The van der Waals surface area contributed by atoms with E-state index in [1.165, 1.54) is 30.7 Å². The molecule has 1 aromatic rings. The lowest BCUT2D eigenvalue weighted by molar-refractivity contribution is 0.151. The Bertz CT molecular complexity index is 645. The van der Waals surface area contributed by atoms with Crippen LogP contribution in [-0.4, -0.2) is 76.3 Å². The van der Waals surface area contributed by atoms with Crippen molar-refractivity contribution in [3.63, 3.8) is 0 Å². The Labute approximate surface area is 141 Å². The molecule has 0 bridgehead atoms. The minimum Gasteiger partial charge on any atom is -0.495 e. The van der Waals surface area contributed by atoms with Gasteiger partial charge in [0.1, 0.15) is 16.4 Å². The van der Waals surface area contributed by atoms with Crippen LogP contribution in [0.4, 0.5) is 0 Å². The first kappa shape index (κ1) is 18.3. The Kier molecular flexibility index (Phi) is 6.10. The molecule has 1 aromatic carbocycles. The molecule has 0 saturated carbocycles. The normalized spacial score (nSPS) is 17.2. The van der Waals surface area contributed by atoms with Crippen LogP contribution in [-0.2, 0) is 10.0 Å². The van der Waals surface area contributed by atoms with Crippen molar-refractivity contribution >= 4 is 21.6 Å². The van der Waals surface area contributed by atoms with Crippen LogP contribution in [0.1, 0.15) is 0 Å². The number of benzene rings is 1. The third-order valence-electron chi connectivity index (χ3n) is 3.80. The average molecular weight is 365 g/mol. The molecule has 0 atom stereocenters. The number of sulfonamides is 1. The van der Waals surface area contributed by atoms with Crippen molar-refractivity contribution < 1.29 is 23.0 Å². The lowest BCUT2D eigenvalue weighted by Crippen LogP contribution is -2.49. The van der Waals surface area contributed by atoms with Crippen LogP contribution in [0, 0.1) is 0 Å². The Morgan fingerprint density at radius 1 is 1.13 bits per heavy atom. The molecular formula is C14H21ClN2O5S. The number of hydrogen-bond acceptors (Lipinski definition) is 6. The summed E-state index contributed by atoms with van der Waals surface area (Å²) in [6, 6.07) is 2.83. The molecule has 1 heterocycles. The molecule has 130 valence electrons. The highest BCUT2D eigenvalue weighted by atomic mass is 35.5. The fraction of sp³-hybridized carbons (Fsp3) is 0.571. The second-order valence-electron chi connectivity index (χ2n) is 5.11. The molecule has 1 aliphatic heterocycles. The summed E-state index contributed by atoms with van der Waals surface area (Å²) >= 11 is 6.03. The molecule has 0 unspecified atom stereocenters. The van der Waals surface area contributed by atoms with Gasteiger partial charge in [-0.15, -0.1) is 0 Å². The second kappa shape index (κ2) is 7.67. The van der Waals surface area contributed by atoms with Gasteiger partial charge in [0.05, 0.1) is 25.8 Å². The zero-order valence-electron chi connectivity index (χ0n) is 13.2. The number of rotatable bonds is 6. The Hall–Kier alpha value is -1.06. The van der Waals surface area contributed by atoms with Crippen LogP contribution >= 0.6 is 11.6 Å². The summed E-state index contributed by atoms with van der Waals surface area (Å²) in [5.41, 5.74) is 0. The number of hydrogen-bond donors (Lipinski definition) is 1. The van der Waals surface area contributed by atoms with Gasteiger partial charge in [-0.2, -0.15) is 4.31 Å². The molecule has 0 spiro atoms. The summed E-state index contributed by atoms with van der Waals surface area (Å²) in [6.45, 7) is 2.48. The number of aliphatic hydroxyl groups is 1. The molecule has 0 amide bonds. The van der Waals surface area contributed by atoms with E-state index in [0.717, 1.165) is 0 Å². The first-order valence-electron chi connectivity index (χ1n) is 7.19. The fourth-order valence-corrected chi connectivity index (χ4v) is 4.31. The van der Waals surface area contributed by atoms with Crippen molar-refractivity contribution in [2.75, 3.05) is 53.6 Å². The molecule has 0 aromatic heterocycles. The minimum absolute atomic E-state index is 0.0388. The van der Waals surface area contributed by atoms with Gasteiger partial charge in [0.25, 0.3) is 0 Å². The van der Waals surface area contributed by atoms with Crippen molar-refractivity contribution in [3.05, 3.63) is 17.2 Å². The average Bonchev–Trinajstić information content (AvgIpc) is 2.55. The van der Waals surface area contributed by atoms with Crippen LogP contribution < -0.4 is 9.47 Å². The van der Waals surface area contributed by atoms with Gasteiger partial charge in [0.15, 0.2) is 0 Å². The van der Waals surface area contributed by atoms with E-state index in [4.69, 9.17) is 26.2 Å². The zero-order valence-corrected chi connectivity index (χ0v) is 14.7. The Balaban J connectivity index is 2.29. The van der Waals surface area contributed by atoms with E-state index < -0.39 is 10.0 Å². The van der Waals surface area contributed by atoms with Gasteiger partial charge in [-0.05, 0) is 0 Å². The predicted octanol–water partition coefficient (Wildman–Crippen LogP) is 0.656. The third kappa shape index (κ3) is 3.89. The van der Waals surface area contributed by atoms with E-state index in [1.807, 2.05) is 4.90 Å². The lowest BCUT2D eigenvalue weighted by atomic mass is 10.3. The largest absolute Gasteiger partial charge is 0.495 e. The summed E-state index contributed by atoms with van der Waals surface area (Å²) in [4.78, 5) is 2.06. The Morgan fingerprint density at radius 2 is 1.74 bits per heavy atom. The highest BCUT2D eigenvalue weighted by molar-refractivity contribution is 7.89. The van der Waals surface area contributed by atoms with Gasteiger partial charge in [-0.1, -0.05) is 11.6 Å². The topological polar surface area (TPSA) is 79.3 Å². The number of β-amino-alcohol motifs (C(OH)–C–C–N with tert-alkyl or cyclic N) is 1. The van der Waals surface area contributed by atoms with Gasteiger partial charge >= 0.3 is 0 Å². The highest BCUT2D eigenvalue weighted by Crippen LogP contribution is 2.36. The molecule has 7 nitrogen and oxygen atoms in total. The van der Waals surface area contributed by atoms with Crippen LogP contribution in [0.3, 0.4) is 0 Å². The van der Waals surface area contributed by atoms with Crippen molar-refractivity contribution in [1.82, 2.24) is 9.21 Å². The van der Waals surface area contributed by atoms with Gasteiger partial charge in [-0.3, -0.25) is 4.90 Å². The lowest BCUT2D eigenvalue weighted by Gasteiger charge is -2.33. The van der Waals surface area contributed by atoms with E-state index in [1.54, 1.807) is 0 Å². The van der Waals surface area contributed by atoms with Gasteiger partial charge in [0.2, 0.25) is 10.0 Å². The standard InChI is InChI=1S/C14H21ClN2O5S/c1-21-12-10-14(13(22-2)9-11(12)15)23(19,20)17-5-3-16(4-6-17)7-8-18/h9-10,18H,3-8H2,1-2H3. The van der Waals surface area contributed by atoms with E-state index in [2.05, 4.69) is 0 Å². The minimum atomic E-state index is -3.71. The number of methoxy groups -OCH3 is 2. The number of piperazine rings is 1. The maximum absolute atomic E-state index is 12.9. The molecular weight excluding hydrogens is 344 g/mol. The van der Waals surface area contributed by atoms with E-state index in [-0.39, 0.29) is 28.0 Å². The zero-order chi connectivity index (χ0) is 17.0. The maximum Gasteiger partial charge on any atom is 0.246 e. The molecule has 2 rings (SSSR count). The van der Waals surface area contributed by atoms with Crippen molar-refractivity contribution in [2.45, 2.75) is 4.90 Å². The SMILES string of the molecule is COc1cc(S(=O)(=O)N2CCN(CCO)CC2)c(OC)cc1Cl. The fourth-order valence-electron chi connectivity index (χ4n) is 2.51. The van der Waals surface area contributed by atoms with E-state index >= 15 is 0 Å². The van der Waals surface area contributed by atoms with Crippen molar-refractivity contribution in [2.24, 2.45) is 0 Å². The van der Waals surface area contributed by atoms with Crippen molar-refractivity contribution in [3.8, 4) is 11.5 Å². The molecule has 1 N–H and O–H groups in total. The molecule has 1 saturated heterocycles.